The Morgan fingerprint density at radius 3 is 2.64 bits per heavy atom. The van der Waals surface area contributed by atoms with Crippen LogP contribution in [0.25, 0.3) is 0 Å². The molecular formula is C17H16N2OS2. The largest absolute Gasteiger partial charge is 0.332 e. The maximum absolute atomic E-state index is 12.5. The van der Waals surface area contributed by atoms with Gasteiger partial charge in [-0.1, -0.05) is 23.5 Å². The lowest BCUT2D eigenvalue weighted by Gasteiger charge is -2.02. The van der Waals surface area contributed by atoms with Crippen molar-refractivity contribution in [3.8, 4) is 0 Å². The Morgan fingerprint density at radius 2 is 1.95 bits per heavy atom. The predicted molar refractivity (Wildman–Crippen MR) is 93.8 cm³/mol. The summed E-state index contributed by atoms with van der Waals surface area (Å²) in [5.74, 6) is 0.0524. The number of hydrogen-bond donors (Lipinski definition) is 1. The standard InChI is InChI=1S/C17H16N2OS2/c1-10-5-4-6-13(7-10)19-17-18-9-15(22-17)16(20)14-8-11(2)21-12(14)3/h4-9H,1-3H3,(H,18,19). The van der Waals surface area contributed by atoms with Crippen LogP contribution in [0, 0.1) is 20.8 Å². The van der Waals surface area contributed by atoms with Gasteiger partial charge in [0.1, 0.15) is 0 Å². The topological polar surface area (TPSA) is 42.0 Å². The summed E-state index contributed by atoms with van der Waals surface area (Å²) in [7, 11) is 0. The number of carbonyl (C=O) groups excluding carboxylic acids is 1. The van der Waals surface area contributed by atoms with Gasteiger partial charge in [-0.2, -0.15) is 0 Å². The molecule has 112 valence electrons. The first-order valence-corrected chi connectivity index (χ1v) is 8.57. The van der Waals surface area contributed by atoms with E-state index in [2.05, 4.69) is 16.4 Å². The summed E-state index contributed by atoms with van der Waals surface area (Å²) in [6.07, 6.45) is 1.65. The van der Waals surface area contributed by atoms with Crippen molar-refractivity contribution in [1.82, 2.24) is 4.98 Å². The molecule has 2 aromatic heterocycles. The van der Waals surface area contributed by atoms with Crippen molar-refractivity contribution < 1.29 is 4.79 Å². The molecule has 3 rings (SSSR count). The van der Waals surface area contributed by atoms with Crippen molar-refractivity contribution in [3.05, 3.63) is 62.3 Å². The number of rotatable bonds is 4. The lowest BCUT2D eigenvalue weighted by atomic mass is 10.1. The normalized spacial score (nSPS) is 10.7. The van der Waals surface area contributed by atoms with E-state index in [4.69, 9.17) is 0 Å². The molecule has 3 aromatic rings. The van der Waals surface area contributed by atoms with Crippen molar-refractivity contribution in [2.45, 2.75) is 20.8 Å². The molecular weight excluding hydrogens is 312 g/mol. The van der Waals surface area contributed by atoms with E-state index in [1.165, 1.54) is 16.9 Å². The van der Waals surface area contributed by atoms with Crippen LogP contribution in [-0.2, 0) is 0 Å². The van der Waals surface area contributed by atoms with Crippen molar-refractivity contribution in [2.24, 2.45) is 0 Å². The molecule has 0 unspecified atom stereocenters. The molecule has 1 aromatic carbocycles. The zero-order chi connectivity index (χ0) is 15.7. The van der Waals surface area contributed by atoms with Gasteiger partial charge >= 0.3 is 0 Å². The molecule has 22 heavy (non-hydrogen) atoms. The van der Waals surface area contributed by atoms with Crippen LogP contribution in [0.15, 0.2) is 36.5 Å². The van der Waals surface area contributed by atoms with Gasteiger partial charge in [0.05, 0.1) is 11.1 Å². The Balaban J connectivity index is 1.81. The minimum atomic E-state index is 0.0524. The molecule has 0 aliphatic heterocycles. The van der Waals surface area contributed by atoms with E-state index >= 15 is 0 Å². The number of aryl methyl sites for hydroxylation is 3. The number of benzene rings is 1. The van der Waals surface area contributed by atoms with Gasteiger partial charge in [-0.25, -0.2) is 4.98 Å². The second kappa shape index (κ2) is 6.02. The van der Waals surface area contributed by atoms with Gasteiger partial charge in [0, 0.05) is 21.0 Å². The monoisotopic (exact) mass is 328 g/mol. The summed E-state index contributed by atoms with van der Waals surface area (Å²) in [5.41, 5.74) is 2.95. The Labute approximate surface area is 137 Å². The summed E-state index contributed by atoms with van der Waals surface area (Å²) in [5, 5.41) is 3.98. The molecule has 2 heterocycles. The number of nitrogens with zero attached hydrogens (tertiary/aromatic N) is 1. The number of hydrogen-bond acceptors (Lipinski definition) is 5. The minimum absolute atomic E-state index is 0.0524. The molecule has 0 saturated heterocycles. The molecule has 0 aliphatic carbocycles. The number of ketones is 1. The highest BCUT2D eigenvalue weighted by Gasteiger charge is 2.17. The van der Waals surface area contributed by atoms with Gasteiger partial charge in [-0.05, 0) is 44.5 Å². The van der Waals surface area contributed by atoms with Crippen molar-refractivity contribution in [3.63, 3.8) is 0 Å². The van der Waals surface area contributed by atoms with Crippen molar-refractivity contribution in [2.75, 3.05) is 5.32 Å². The van der Waals surface area contributed by atoms with Crippen molar-refractivity contribution in [1.29, 1.82) is 0 Å². The Morgan fingerprint density at radius 1 is 1.14 bits per heavy atom. The average Bonchev–Trinajstić information content (AvgIpc) is 3.05. The number of thiazole rings is 1. The Hall–Kier alpha value is -1.98. The fraction of sp³-hybridized carbons (Fsp3) is 0.176. The minimum Gasteiger partial charge on any atom is -0.332 e. The zero-order valence-electron chi connectivity index (χ0n) is 12.6. The van der Waals surface area contributed by atoms with Crippen LogP contribution in [0.2, 0.25) is 0 Å². The lowest BCUT2D eigenvalue weighted by Crippen LogP contribution is -1.98. The lowest BCUT2D eigenvalue weighted by molar-refractivity contribution is 0.104. The van der Waals surface area contributed by atoms with Crippen LogP contribution >= 0.6 is 22.7 Å². The molecule has 0 bridgehead atoms. The van der Waals surface area contributed by atoms with Crippen molar-refractivity contribution >= 4 is 39.3 Å². The number of aromatic nitrogens is 1. The third kappa shape index (κ3) is 3.10. The van der Waals surface area contributed by atoms with E-state index in [1.54, 1.807) is 17.5 Å². The Kier molecular flexibility index (Phi) is 4.09. The SMILES string of the molecule is Cc1cccc(Nc2ncc(C(=O)c3cc(C)sc3C)s2)c1. The summed E-state index contributed by atoms with van der Waals surface area (Å²) < 4.78 is 0. The third-order valence-corrected chi connectivity index (χ3v) is 5.16. The highest BCUT2D eigenvalue weighted by atomic mass is 32.1. The molecule has 0 spiro atoms. The van der Waals surface area contributed by atoms with Crippen LogP contribution in [0.5, 0.6) is 0 Å². The van der Waals surface area contributed by atoms with Gasteiger partial charge < -0.3 is 5.32 Å². The third-order valence-electron chi connectivity index (χ3n) is 3.28. The first kappa shape index (κ1) is 14.9. The van der Waals surface area contributed by atoms with E-state index in [0.29, 0.717) is 4.88 Å². The number of thiophene rings is 1. The fourth-order valence-electron chi connectivity index (χ4n) is 2.27. The first-order valence-electron chi connectivity index (χ1n) is 6.94. The molecule has 0 aliphatic rings. The number of nitrogens with one attached hydrogen (secondary N) is 1. The fourth-order valence-corrected chi connectivity index (χ4v) is 3.98. The maximum atomic E-state index is 12.5. The van der Waals surface area contributed by atoms with E-state index in [-0.39, 0.29) is 5.78 Å². The van der Waals surface area contributed by atoms with Gasteiger partial charge in [-0.15, -0.1) is 11.3 Å². The average molecular weight is 328 g/mol. The molecule has 5 heteroatoms. The molecule has 1 N–H and O–H groups in total. The second-order valence-corrected chi connectivity index (χ2v) is 7.67. The van der Waals surface area contributed by atoms with Gasteiger partial charge in [-0.3, -0.25) is 4.79 Å². The van der Waals surface area contributed by atoms with E-state index in [1.807, 2.05) is 45.0 Å². The van der Waals surface area contributed by atoms with Gasteiger partial charge in [0.25, 0.3) is 0 Å². The summed E-state index contributed by atoms with van der Waals surface area (Å²) in [4.78, 5) is 19.7. The number of anilines is 2. The smallest absolute Gasteiger partial charge is 0.205 e. The van der Waals surface area contributed by atoms with E-state index < -0.39 is 0 Å². The van der Waals surface area contributed by atoms with Crippen LogP contribution in [0.3, 0.4) is 0 Å². The quantitative estimate of drug-likeness (QED) is 0.677. The first-order chi connectivity index (χ1) is 10.5. The van der Waals surface area contributed by atoms with Crippen LogP contribution in [-0.4, -0.2) is 10.8 Å². The van der Waals surface area contributed by atoms with Crippen LogP contribution in [0.4, 0.5) is 10.8 Å². The summed E-state index contributed by atoms with van der Waals surface area (Å²) in [6, 6.07) is 10.0. The van der Waals surface area contributed by atoms with E-state index in [0.717, 1.165) is 26.1 Å². The molecule has 0 amide bonds. The summed E-state index contributed by atoms with van der Waals surface area (Å²) >= 11 is 3.04. The molecule has 0 saturated carbocycles. The maximum Gasteiger partial charge on any atom is 0.205 e. The highest BCUT2D eigenvalue weighted by Crippen LogP contribution is 2.28. The molecule has 0 atom stereocenters. The number of carbonyl (C=O) groups is 1. The zero-order valence-corrected chi connectivity index (χ0v) is 14.3. The molecule has 0 fully saturated rings. The highest BCUT2D eigenvalue weighted by molar-refractivity contribution is 7.18. The Bertz CT molecular complexity index is 833. The van der Waals surface area contributed by atoms with Gasteiger partial charge in [0.15, 0.2) is 5.13 Å². The van der Waals surface area contributed by atoms with Crippen LogP contribution < -0.4 is 5.32 Å². The van der Waals surface area contributed by atoms with E-state index in [9.17, 15) is 4.79 Å². The second-order valence-electron chi connectivity index (χ2n) is 5.18. The van der Waals surface area contributed by atoms with Crippen LogP contribution in [0.1, 0.15) is 30.6 Å². The predicted octanol–water partition coefficient (Wildman–Crippen LogP) is 5.10. The van der Waals surface area contributed by atoms with Gasteiger partial charge in [0.2, 0.25) is 5.78 Å². The summed E-state index contributed by atoms with van der Waals surface area (Å²) in [6.45, 7) is 6.05. The molecule has 0 radical (unpaired) electrons. The molecule has 3 nitrogen and oxygen atoms in total.